The van der Waals surface area contributed by atoms with E-state index < -0.39 is 0 Å². The molecule has 1 N–H and O–H groups in total. The van der Waals surface area contributed by atoms with Crippen molar-refractivity contribution >= 4 is 23.1 Å². The van der Waals surface area contributed by atoms with Crippen LogP contribution in [0, 0.1) is 6.92 Å². The summed E-state index contributed by atoms with van der Waals surface area (Å²) in [6.45, 7) is 5.36. The zero-order valence-corrected chi connectivity index (χ0v) is 11.7. The molecule has 1 saturated heterocycles. The second-order valence-corrected chi connectivity index (χ2v) is 6.63. The molecule has 4 heteroatoms. The van der Waals surface area contributed by atoms with Crippen LogP contribution in [0.4, 0.5) is 0 Å². The number of nitrogens with one attached hydrogen (secondary N) is 1. The van der Waals surface area contributed by atoms with Gasteiger partial charge in [-0.1, -0.05) is 6.92 Å². The molecule has 1 aliphatic heterocycles. The largest absolute Gasteiger partial charge is 0.308 e. The van der Waals surface area contributed by atoms with E-state index in [1.54, 1.807) is 0 Å². The highest BCUT2D eigenvalue weighted by atomic mass is 32.2. The summed E-state index contributed by atoms with van der Waals surface area (Å²) in [7, 11) is 0. The van der Waals surface area contributed by atoms with Gasteiger partial charge in [-0.05, 0) is 31.9 Å². The highest BCUT2D eigenvalue weighted by Gasteiger charge is 2.15. The topological polar surface area (TPSA) is 24.9 Å². The molecule has 1 unspecified atom stereocenters. The lowest BCUT2D eigenvalue weighted by molar-refractivity contribution is 0.560. The summed E-state index contributed by atoms with van der Waals surface area (Å²) in [5, 5.41) is 4.95. The van der Waals surface area contributed by atoms with Crippen molar-refractivity contribution in [2.45, 2.75) is 45.7 Å². The first-order valence-electron chi connectivity index (χ1n) is 6.06. The van der Waals surface area contributed by atoms with Crippen LogP contribution < -0.4 is 5.32 Å². The third kappa shape index (κ3) is 3.22. The molecule has 0 aliphatic carbocycles. The quantitative estimate of drug-likeness (QED) is 0.876. The Hall–Kier alpha value is -0.0600. The predicted molar refractivity (Wildman–Crippen MR) is 73.4 cm³/mol. The molecule has 1 fully saturated rings. The standard InChI is InChI=1S/C12H20N2S2/c1-3-4-12-14-9(2)11(16-12)7-13-10-5-6-15-8-10/h10,13H,3-8H2,1-2H3. The number of aryl methyl sites for hydroxylation is 2. The molecule has 2 heterocycles. The average Bonchev–Trinajstić information content (AvgIpc) is 2.86. The van der Waals surface area contributed by atoms with Gasteiger partial charge < -0.3 is 5.32 Å². The molecule has 0 saturated carbocycles. The monoisotopic (exact) mass is 256 g/mol. The zero-order chi connectivity index (χ0) is 11.4. The Morgan fingerprint density at radius 3 is 3.06 bits per heavy atom. The van der Waals surface area contributed by atoms with Crippen LogP contribution in [0.1, 0.15) is 35.3 Å². The second kappa shape index (κ2) is 6.03. The van der Waals surface area contributed by atoms with Gasteiger partial charge in [-0.2, -0.15) is 11.8 Å². The molecule has 90 valence electrons. The highest BCUT2D eigenvalue weighted by Crippen LogP contribution is 2.21. The molecule has 0 bridgehead atoms. The van der Waals surface area contributed by atoms with Crippen LogP contribution in [-0.4, -0.2) is 22.5 Å². The molecule has 1 aliphatic rings. The SMILES string of the molecule is CCCc1nc(C)c(CNC2CCSC2)s1. The summed E-state index contributed by atoms with van der Waals surface area (Å²) in [5.74, 6) is 2.60. The Morgan fingerprint density at radius 1 is 1.50 bits per heavy atom. The average molecular weight is 256 g/mol. The minimum Gasteiger partial charge on any atom is -0.308 e. The van der Waals surface area contributed by atoms with Gasteiger partial charge in [0.15, 0.2) is 0 Å². The number of nitrogens with zero attached hydrogens (tertiary/aromatic N) is 1. The van der Waals surface area contributed by atoms with Crippen LogP contribution in [0.3, 0.4) is 0 Å². The Kier molecular flexibility index (Phi) is 4.67. The van der Waals surface area contributed by atoms with Gasteiger partial charge >= 0.3 is 0 Å². The number of thioether (sulfide) groups is 1. The van der Waals surface area contributed by atoms with Crippen LogP contribution in [0.5, 0.6) is 0 Å². The Balaban J connectivity index is 1.87. The lowest BCUT2D eigenvalue weighted by atomic mass is 10.2. The van der Waals surface area contributed by atoms with E-state index in [9.17, 15) is 0 Å². The van der Waals surface area contributed by atoms with E-state index in [0.29, 0.717) is 0 Å². The first kappa shape index (κ1) is 12.4. The lowest BCUT2D eigenvalue weighted by Crippen LogP contribution is -2.27. The molecule has 0 aromatic carbocycles. The van der Waals surface area contributed by atoms with Gasteiger partial charge in [-0.25, -0.2) is 4.98 Å². The van der Waals surface area contributed by atoms with Gasteiger partial charge in [0.25, 0.3) is 0 Å². The molecule has 2 nitrogen and oxygen atoms in total. The normalized spacial score (nSPS) is 20.5. The highest BCUT2D eigenvalue weighted by molar-refractivity contribution is 7.99. The van der Waals surface area contributed by atoms with E-state index in [1.165, 1.54) is 39.9 Å². The Morgan fingerprint density at radius 2 is 2.38 bits per heavy atom. The fourth-order valence-corrected chi connectivity index (χ4v) is 4.21. The maximum absolute atomic E-state index is 4.62. The first-order valence-corrected chi connectivity index (χ1v) is 8.03. The number of hydrogen-bond donors (Lipinski definition) is 1. The summed E-state index contributed by atoms with van der Waals surface area (Å²) in [4.78, 5) is 6.05. The fourth-order valence-electron chi connectivity index (χ4n) is 1.91. The summed E-state index contributed by atoms with van der Waals surface area (Å²) < 4.78 is 0. The zero-order valence-electron chi connectivity index (χ0n) is 10.1. The van der Waals surface area contributed by atoms with Crippen LogP contribution >= 0.6 is 23.1 Å². The van der Waals surface area contributed by atoms with Crippen molar-refractivity contribution in [2.24, 2.45) is 0 Å². The number of aromatic nitrogens is 1. The first-order chi connectivity index (χ1) is 7.79. The third-order valence-corrected chi connectivity index (χ3v) is 5.26. The van der Waals surface area contributed by atoms with E-state index >= 15 is 0 Å². The van der Waals surface area contributed by atoms with Crippen molar-refractivity contribution in [3.8, 4) is 0 Å². The molecular formula is C12H20N2S2. The predicted octanol–water partition coefficient (Wildman–Crippen LogP) is 3.00. The molecule has 16 heavy (non-hydrogen) atoms. The van der Waals surface area contributed by atoms with Crippen molar-refractivity contribution in [3.05, 3.63) is 15.6 Å². The van der Waals surface area contributed by atoms with Crippen LogP contribution in [0.2, 0.25) is 0 Å². The minimum atomic E-state index is 0.723. The number of thiazole rings is 1. The van der Waals surface area contributed by atoms with Crippen LogP contribution in [0.15, 0.2) is 0 Å². The molecule has 1 aromatic rings. The Bertz CT molecular complexity index is 330. The van der Waals surface area contributed by atoms with Crippen molar-refractivity contribution in [3.63, 3.8) is 0 Å². The second-order valence-electron chi connectivity index (χ2n) is 4.31. The van der Waals surface area contributed by atoms with Crippen molar-refractivity contribution < 1.29 is 0 Å². The smallest absolute Gasteiger partial charge is 0.0931 e. The van der Waals surface area contributed by atoms with Crippen molar-refractivity contribution in [2.75, 3.05) is 11.5 Å². The van der Waals surface area contributed by atoms with Gasteiger partial charge in [0.05, 0.1) is 10.7 Å². The molecule has 0 amide bonds. The molecule has 0 radical (unpaired) electrons. The number of hydrogen-bond acceptors (Lipinski definition) is 4. The molecule has 2 rings (SSSR count). The van der Waals surface area contributed by atoms with E-state index in [0.717, 1.165) is 19.0 Å². The summed E-state index contributed by atoms with van der Waals surface area (Å²) in [6, 6.07) is 0.723. The summed E-state index contributed by atoms with van der Waals surface area (Å²) >= 11 is 3.95. The van der Waals surface area contributed by atoms with E-state index in [2.05, 4.69) is 35.9 Å². The van der Waals surface area contributed by atoms with Gasteiger partial charge in [0.1, 0.15) is 0 Å². The van der Waals surface area contributed by atoms with Crippen LogP contribution in [-0.2, 0) is 13.0 Å². The van der Waals surface area contributed by atoms with Crippen molar-refractivity contribution in [1.82, 2.24) is 10.3 Å². The third-order valence-electron chi connectivity index (χ3n) is 2.88. The van der Waals surface area contributed by atoms with Crippen molar-refractivity contribution in [1.29, 1.82) is 0 Å². The molecule has 1 aromatic heterocycles. The molecular weight excluding hydrogens is 236 g/mol. The molecule has 0 spiro atoms. The van der Waals surface area contributed by atoms with Gasteiger partial charge in [-0.15, -0.1) is 11.3 Å². The molecule has 1 atom stereocenters. The van der Waals surface area contributed by atoms with Gasteiger partial charge in [0, 0.05) is 23.2 Å². The minimum absolute atomic E-state index is 0.723. The van der Waals surface area contributed by atoms with Gasteiger partial charge in [0.2, 0.25) is 0 Å². The van der Waals surface area contributed by atoms with E-state index in [4.69, 9.17) is 0 Å². The van der Waals surface area contributed by atoms with E-state index in [1.807, 2.05) is 11.3 Å². The lowest BCUT2D eigenvalue weighted by Gasteiger charge is -2.09. The summed E-state index contributed by atoms with van der Waals surface area (Å²) in [5.41, 5.74) is 1.23. The van der Waals surface area contributed by atoms with Crippen LogP contribution in [0.25, 0.3) is 0 Å². The fraction of sp³-hybridized carbons (Fsp3) is 0.750. The van der Waals surface area contributed by atoms with E-state index in [-0.39, 0.29) is 0 Å². The Labute approximate surface area is 106 Å². The van der Waals surface area contributed by atoms with Gasteiger partial charge in [-0.3, -0.25) is 0 Å². The number of rotatable bonds is 5. The maximum atomic E-state index is 4.62. The maximum Gasteiger partial charge on any atom is 0.0931 e. The summed E-state index contributed by atoms with van der Waals surface area (Å²) in [6.07, 6.45) is 3.65.